The minimum Gasteiger partial charge on any atom is -0.465 e. The summed E-state index contributed by atoms with van der Waals surface area (Å²) in [5.74, 6) is -1.34. The van der Waals surface area contributed by atoms with Crippen LogP contribution in [0.25, 0.3) is 0 Å². The SMILES string of the molecule is CC(=O)OCC(CCN1C=NC2C(=O)NC(N)=NC21)COC(=O)OCCSSCCOC(=O)OC[C@H]1O[C@@H](n2cc(F)c(N)nc2=O)CS1. The summed E-state index contributed by atoms with van der Waals surface area (Å²) in [5, 5.41) is 2.43. The number of guanidine groups is 1. The molecule has 270 valence electrons. The van der Waals surface area contributed by atoms with Gasteiger partial charge in [0.1, 0.15) is 38.1 Å². The Labute approximate surface area is 290 Å². The van der Waals surface area contributed by atoms with Crippen LogP contribution in [0.15, 0.2) is 21.0 Å². The number of hydrogen-bond acceptors (Lipinski definition) is 20. The molecule has 1 amide bonds. The van der Waals surface area contributed by atoms with Crippen LogP contribution >= 0.6 is 33.3 Å². The summed E-state index contributed by atoms with van der Waals surface area (Å²) in [7, 11) is 2.77. The number of aromatic nitrogens is 2. The number of thioether (sulfide) groups is 1. The highest BCUT2D eigenvalue weighted by Crippen LogP contribution is 2.31. The maximum atomic E-state index is 13.7. The second-order valence-corrected chi connectivity index (χ2v) is 14.2. The number of fused-ring (bicyclic) bond motifs is 1. The molecule has 49 heavy (non-hydrogen) atoms. The summed E-state index contributed by atoms with van der Waals surface area (Å²) in [4.78, 5) is 72.9. The molecular weight excluding hydrogens is 716 g/mol. The van der Waals surface area contributed by atoms with E-state index in [0.29, 0.717) is 30.2 Å². The van der Waals surface area contributed by atoms with Gasteiger partial charge in [0.25, 0.3) is 5.91 Å². The molecule has 19 nitrogen and oxygen atoms in total. The van der Waals surface area contributed by atoms with E-state index in [4.69, 9.17) is 39.9 Å². The quantitative estimate of drug-likeness (QED) is 0.0837. The van der Waals surface area contributed by atoms with Crippen LogP contribution in [0.5, 0.6) is 0 Å². The first-order chi connectivity index (χ1) is 23.5. The van der Waals surface area contributed by atoms with Crippen molar-refractivity contribution in [1.29, 1.82) is 0 Å². The van der Waals surface area contributed by atoms with Crippen LogP contribution in [0, 0.1) is 11.7 Å². The third kappa shape index (κ3) is 11.9. The fraction of sp³-hybridized carbons (Fsp3) is 0.615. The third-order valence-electron chi connectivity index (χ3n) is 6.72. The van der Waals surface area contributed by atoms with Gasteiger partial charge in [-0.05, 0) is 6.42 Å². The Morgan fingerprint density at radius 2 is 1.80 bits per heavy atom. The predicted octanol–water partition coefficient (Wildman–Crippen LogP) is 0.293. The van der Waals surface area contributed by atoms with E-state index in [1.165, 1.54) is 46.6 Å². The number of anilines is 1. The Morgan fingerprint density at radius 1 is 1.10 bits per heavy atom. The fourth-order valence-electron chi connectivity index (χ4n) is 4.36. The lowest BCUT2D eigenvalue weighted by Crippen LogP contribution is -2.54. The van der Waals surface area contributed by atoms with E-state index in [1.54, 1.807) is 4.90 Å². The van der Waals surface area contributed by atoms with Crippen molar-refractivity contribution < 1.29 is 52.0 Å². The van der Waals surface area contributed by atoms with Crippen molar-refractivity contribution in [1.82, 2.24) is 19.8 Å². The van der Waals surface area contributed by atoms with E-state index in [0.717, 1.165) is 10.8 Å². The Balaban J connectivity index is 1.02. The van der Waals surface area contributed by atoms with Gasteiger partial charge >= 0.3 is 24.0 Å². The van der Waals surface area contributed by atoms with Gasteiger partial charge in [-0.3, -0.25) is 24.5 Å². The van der Waals surface area contributed by atoms with E-state index in [1.807, 2.05) is 0 Å². The number of nitrogen functional groups attached to an aromatic ring is 1. The van der Waals surface area contributed by atoms with Crippen LogP contribution in [0.3, 0.4) is 0 Å². The average molecular weight is 751 g/mol. The molecule has 3 aliphatic heterocycles. The van der Waals surface area contributed by atoms with E-state index < -0.39 is 59.5 Å². The zero-order valence-corrected chi connectivity index (χ0v) is 28.5. The maximum Gasteiger partial charge on any atom is 0.508 e. The molecule has 4 rings (SSSR count). The number of aliphatic imine (C=N–C) groups is 2. The van der Waals surface area contributed by atoms with Crippen molar-refractivity contribution in [3.8, 4) is 0 Å². The zero-order chi connectivity index (χ0) is 35.3. The van der Waals surface area contributed by atoms with Gasteiger partial charge in [0.15, 0.2) is 29.8 Å². The van der Waals surface area contributed by atoms with Crippen molar-refractivity contribution in [3.63, 3.8) is 0 Å². The largest absolute Gasteiger partial charge is 0.508 e. The van der Waals surface area contributed by atoms with E-state index >= 15 is 0 Å². The molecule has 1 fully saturated rings. The summed E-state index contributed by atoms with van der Waals surface area (Å²) in [6, 6.07) is -0.701. The number of hydrogen-bond donors (Lipinski definition) is 3. The molecule has 1 aromatic heterocycles. The van der Waals surface area contributed by atoms with Crippen LogP contribution in [0.2, 0.25) is 0 Å². The van der Waals surface area contributed by atoms with Crippen LogP contribution in [-0.2, 0) is 38.0 Å². The van der Waals surface area contributed by atoms with Crippen molar-refractivity contribution >= 4 is 75.7 Å². The molecule has 5 N–H and O–H groups in total. The van der Waals surface area contributed by atoms with E-state index in [2.05, 4.69) is 20.3 Å². The normalized spacial score (nSPS) is 21.7. The van der Waals surface area contributed by atoms with Crippen LogP contribution in [0.1, 0.15) is 19.6 Å². The molecule has 0 aliphatic carbocycles. The summed E-state index contributed by atoms with van der Waals surface area (Å²) in [5.41, 5.74) is 9.62. The number of esters is 1. The number of amides is 1. The first-order valence-corrected chi connectivity index (χ1v) is 18.2. The second kappa shape index (κ2) is 18.7. The molecule has 4 heterocycles. The Morgan fingerprint density at radius 3 is 2.51 bits per heavy atom. The molecule has 1 saturated heterocycles. The predicted molar refractivity (Wildman–Crippen MR) is 176 cm³/mol. The molecule has 23 heteroatoms. The van der Waals surface area contributed by atoms with Gasteiger partial charge in [0.2, 0.25) is 0 Å². The highest BCUT2D eigenvalue weighted by molar-refractivity contribution is 8.76. The second-order valence-electron chi connectivity index (χ2n) is 10.3. The van der Waals surface area contributed by atoms with E-state index in [-0.39, 0.29) is 50.8 Å². The monoisotopic (exact) mass is 750 g/mol. The first kappa shape index (κ1) is 37.9. The van der Waals surface area contributed by atoms with Crippen molar-refractivity contribution in [3.05, 3.63) is 22.5 Å². The van der Waals surface area contributed by atoms with Gasteiger partial charge < -0.3 is 44.8 Å². The molecule has 0 radical (unpaired) electrons. The van der Waals surface area contributed by atoms with E-state index in [9.17, 15) is 28.4 Å². The summed E-state index contributed by atoms with van der Waals surface area (Å²) in [6.45, 7) is 1.59. The summed E-state index contributed by atoms with van der Waals surface area (Å²) in [6.07, 6.45) is -0.273. The van der Waals surface area contributed by atoms with Gasteiger partial charge in [-0.15, -0.1) is 11.8 Å². The topological polar surface area (TPSA) is 251 Å². The lowest BCUT2D eigenvalue weighted by atomic mass is 10.1. The molecule has 5 atom stereocenters. The molecule has 0 bridgehead atoms. The van der Waals surface area contributed by atoms with Crippen LogP contribution in [-0.4, -0.2) is 125 Å². The number of halogens is 1. The van der Waals surface area contributed by atoms with Gasteiger partial charge in [-0.1, -0.05) is 21.6 Å². The lowest BCUT2D eigenvalue weighted by molar-refractivity contribution is -0.142. The third-order valence-corrected chi connectivity index (χ3v) is 10.1. The van der Waals surface area contributed by atoms with Gasteiger partial charge in [0, 0.05) is 36.6 Å². The van der Waals surface area contributed by atoms with Gasteiger partial charge in [-0.25, -0.2) is 23.8 Å². The number of carbonyl (C=O) groups is 4. The molecule has 0 spiro atoms. The Hall–Kier alpha value is -3.96. The standard InChI is InChI=1S/C26H35FN8O11S3/c1-14(36)43-9-15(2-3-34-13-30-19-21(34)32-23(29)33-22(19)37)10-44-25(39)41-4-6-48-49-7-5-42-26(40)45-11-18-46-17(12-47-18)35-8-16(27)20(28)31-24(35)38/h8,13,15,17-19,21H,2-7,9-12H2,1H3,(H2,28,31,38)(H3,29,32,33,37)/t15?,17-,18+,19?,21?/m1/s1. The highest BCUT2D eigenvalue weighted by Gasteiger charge is 2.39. The molecule has 0 aromatic carbocycles. The smallest absolute Gasteiger partial charge is 0.465 e. The lowest BCUT2D eigenvalue weighted by Gasteiger charge is -2.28. The molecular formula is C26H35FN8O11S3. The number of rotatable bonds is 17. The van der Waals surface area contributed by atoms with Crippen molar-refractivity contribution in [2.75, 3.05) is 62.6 Å². The number of nitrogens with zero attached hydrogens (tertiary/aromatic N) is 5. The summed E-state index contributed by atoms with van der Waals surface area (Å²) >= 11 is 1.27. The first-order valence-electron chi connectivity index (χ1n) is 14.7. The molecule has 1 aromatic rings. The Kier molecular flexibility index (Phi) is 14.5. The number of nitrogens with one attached hydrogen (secondary N) is 1. The van der Waals surface area contributed by atoms with Gasteiger partial charge in [0.05, 0.1) is 19.1 Å². The molecule has 3 unspecified atom stereocenters. The van der Waals surface area contributed by atoms with Crippen molar-refractivity contribution in [2.24, 2.45) is 21.6 Å². The van der Waals surface area contributed by atoms with Crippen LogP contribution < -0.4 is 22.5 Å². The molecule has 0 saturated carbocycles. The number of carbonyl (C=O) groups excluding carboxylic acids is 4. The zero-order valence-electron chi connectivity index (χ0n) is 26.1. The highest BCUT2D eigenvalue weighted by atomic mass is 33.1. The Bertz CT molecular complexity index is 1470. The van der Waals surface area contributed by atoms with Crippen LogP contribution in [0.4, 0.5) is 19.8 Å². The average Bonchev–Trinajstić information content (AvgIpc) is 3.70. The van der Waals surface area contributed by atoms with Gasteiger partial charge in [-0.2, -0.15) is 4.98 Å². The number of ether oxygens (including phenoxy) is 6. The van der Waals surface area contributed by atoms with Crippen molar-refractivity contribution in [2.45, 2.75) is 37.2 Å². The molecule has 3 aliphatic rings. The maximum absolute atomic E-state index is 13.7. The number of nitrogens with two attached hydrogens (primary N) is 2. The minimum atomic E-state index is -0.897. The summed E-state index contributed by atoms with van der Waals surface area (Å²) < 4.78 is 45.8. The fourth-order valence-corrected chi connectivity index (χ4v) is 7.00. The minimum absolute atomic E-state index is 0.00602.